The van der Waals surface area contributed by atoms with E-state index < -0.39 is 0 Å². The molecular weight excluding hydrogens is 274 g/mol. The molecule has 1 saturated carbocycles. The zero-order chi connectivity index (χ0) is 14.1. The molecule has 1 unspecified atom stereocenters. The van der Waals surface area contributed by atoms with Gasteiger partial charge in [0.1, 0.15) is 0 Å². The predicted octanol–water partition coefficient (Wildman–Crippen LogP) is 5.14. The summed E-state index contributed by atoms with van der Waals surface area (Å²) in [5.41, 5.74) is 2.86. The van der Waals surface area contributed by atoms with Crippen molar-refractivity contribution in [1.82, 2.24) is 5.32 Å². The van der Waals surface area contributed by atoms with E-state index in [0.717, 1.165) is 12.5 Å². The zero-order valence-electron chi connectivity index (χ0n) is 12.0. The van der Waals surface area contributed by atoms with Crippen LogP contribution in [0, 0.1) is 5.92 Å². The average molecular weight is 293 g/mol. The smallest absolute Gasteiger partial charge is 0.0351 e. The third kappa shape index (κ3) is 2.74. The summed E-state index contributed by atoms with van der Waals surface area (Å²) in [7, 11) is 0. The number of rotatable bonds is 5. The summed E-state index contributed by atoms with van der Waals surface area (Å²) in [4.78, 5) is 0. The molecule has 0 saturated heterocycles. The predicted molar refractivity (Wildman–Crippen MR) is 90.6 cm³/mol. The van der Waals surface area contributed by atoms with E-state index in [0.29, 0.717) is 6.04 Å². The number of thiophene rings is 1. The van der Waals surface area contributed by atoms with Crippen LogP contribution in [0.15, 0.2) is 60.0 Å². The fraction of sp³-hybridized carbons (Fsp3) is 0.263. The summed E-state index contributed by atoms with van der Waals surface area (Å²) in [6, 6.07) is 20.1. The Kier molecular flexibility index (Phi) is 3.50. The summed E-state index contributed by atoms with van der Waals surface area (Å²) < 4.78 is 1.39. The summed E-state index contributed by atoms with van der Waals surface area (Å²) in [6.45, 7) is 0.958. The number of fused-ring (bicyclic) bond motifs is 1. The Labute approximate surface area is 129 Å². The maximum atomic E-state index is 3.80. The molecular formula is C19H19NS. The van der Waals surface area contributed by atoms with E-state index in [9.17, 15) is 0 Å². The van der Waals surface area contributed by atoms with Crippen LogP contribution in [0.5, 0.6) is 0 Å². The van der Waals surface area contributed by atoms with Gasteiger partial charge in [-0.1, -0.05) is 48.5 Å². The monoisotopic (exact) mass is 293 g/mol. The fourth-order valence-corrected chi connectivity index (χ4v) is 4.00. The molecule has 1 heterocycles. The molecule has 2 aromatic carbocycles. The second-order valence-corrected chi connectivity index (χ2v) is 6.78. The summed E-state index contributed by atoms with van der Waals surface area (Å²) in [6.07, 6.45) is 2.72. The molecule has 0 radical (unpaired) electrons. The minimum atomic E-state index is 0.505. The van der Waals surface area contributed by atoms with Gasteiger partial charge in [0.05, 0.1) is 0 Å². The van der Waals surface area contributed by atoms with Crippen LogP contribution < -0.4 is 5.32 Å². The second kappa shape index (κ2) is 5.63. The topological polar surface area (TPSA) is 12.0 Å². The summed E-state index contributed by atoms with van der Waals surface area (Å²) >= 11 is 1.85. The van der Waals surface area contributed by atoms with Gasteiger partial charge in [-0.3, -0.25) is 0 Å². The van der Waals surface area contributed by atoms with Crippen LogP contribution in [0.3, 0.4) is 0 Å². The number of nitrogens with one attached hydrogen (secondary N) is 1. The molecule has 0 bridgehead atoms. The molecule has 1 N–H and O–H groups in total. The van der Waals surface area contributed by atoms with Gasteiger partial charge in [0.15, 0.2) is 0 Å². The van der Waals surface area contributed by atoms with Gasteiger partial charge < -0.3 is 5.32 Å². The van der Waals surface area contributed by atoms with Crippen molar-refractivity contribution in [2.24, 2.45) is 5.92 Å². The maximum absolute atomic E-state index is 3.80. The van der Waals surface area contributed by atoms with E-state index in [2.05, 4.69) is 65.3 Å². The average Bonchev–Trinajstić information content (AvgIpc) is 3.29. The Morgan fingerprint density at radius 2 is 1.76 bits per heavy atom. The zero-order valence-corrected chi connectivity index (χ0v) is 12.8. The summed E-state index contributed by atoms with van der Waals surface area (Å²) in [5, 5.41) is 7.50. The minimum absolute atomic E-state index is 0.505. The van der Waals surface area contributed by atoms with Crippen molar-refractivity contribution in [1.29, 1.82) is 0 Å². The van der Waals surface area contributed by atoms with E-state index in [4.69, 9.17) is 0 Å². The molecule has 21 heavy (non-hydrogen) atoms. The van der Waals surface area contributed by atoms with E-state index >= 15 is 0 Å². The van der Waals surface area contributed by atoms with Crippen LogP contribution in [0.25, 0.3) is 10.1 Å². The van der Waals surface area contributed by atoms with Gasteiger partial charge >= 0.3 is 0 Å². The Morgan fingerprint density at radius 1 is 1.00 bits per heavy atom. The van der Waals surface area contributed by atoms with Crippen molar-refractivity contribution in [3.63, 3.8) is 0 Å². The molecule has 1 atom stereocenters. The molecule has 1 nitrogen and oxygen atoms in total. The van der Waals surface area contributed by atoms with Gasteiger partial charge in [-0.25, -0.2) is 0 Å². The van der Waals surface area contributed by atoms with Gasteiger partial charge in [-0.2, -0.15) is 0 Å². The highest BCUT2D eigenvalue weighted by atomic mass is 32.1. The number of benzene rings is 2. The highest BCUT2D eigenvalue weighted by Crippen LogP contribution is 2.41. The molecule has 3 aromatic rings. The van der Waals surface area contributed by atoms with Crippen molar-refractivity contribution in [2.45, 2.75) is 25.4 Å². The first-order valence-corrected chi connectivity index (χ1v) is 8.53. The number of hydrogen-bond donors (Lipinski definition) is 1. The van der Waals surface area contributed by atoms with E-state index in [1.54, 1.807) is 0 Å². The van der Waals surface area contributed by atoms with Crippen LogP contribution in [0.1, 0.15) is 30.0 Å². The van der Waals surface area contributed by atoms with Crippen molar-refractivity contribution in [3.05, 3.63) is 71.1 Å². The lowest BCUT2D eigenvalue weighted by Crippen LogP contribution is -2.22. The molecule has 106 valence electrons. The third-order valence-electron chi connectivity index (χ3n) is 4.33. The third-order valence-corrected chi connectivity index (χ3v) is 5.34. The Bertz CT molecular complexity index is 727. The van der Waals surface area contributed by atoms with Gasteiger partial charge in [0, 0.05) is 17.3 Å². The van der Waals surface area contributed by atoms with Gasteiger partial charge in [0.2, 0.25) is 0 Å². The van der Waals surface area contributed by atoms with Crippen molar-refractivity contribution in [2.75, 3.05) is 0 Å². The van der Waals surface area contributed by atoms with Crippen LogP contribution >= 0.6 is 11.3 Å². The van der Waals surface area contributed by atoms with Gasteiger partial charge in [-0.15, -0.1) is 11.3 Å². The van der Waals surface area contributed by atoms with Crippen LogP contribution in [0.2, 0.25) is 0 Å². The Hall–Kier alpha value is -1.64. The molecule has 4 rings (SSSR count). The lowest BCUT2D eigenvalue weighted by Gasteiger charge is -2.18. The van der Waals surface area contributed by atoms with Gasteiger partial charge in [-0.05, 0) is 46.7 Å². The van der Waals surface area contributed by atoms with Crippen molar-refractivity contribution in [3.8, 4) is 0 Å². The Morgan fingerprint density at radius 3 is 2.57 bits per heavy atom. The van der Waals surface area contributed by atoms with Crippen LogP contribution in [0.4, 0.5) is 0 Å². The first-order valence-electron chi connectivity index (χ1n) is 7.65. The first kappa shape index (κ1) is 13.1. The lowest BCUT2D eigenvalue weighted by atomic mass is 10.0. The standard InChI is InChI=1S/C19H19NS/c1-2-6-14(7-3-1)19(15-10-11-15)20-12-16-13-21-18-9-5-4-8-17(16)18/h1-9,13,15,19-20H,10-12H2. The molecule has 0 aliphatic heterocycles. The lowest BCUT2D eigenvalue weighted by molar-refractivity contribution is 0.481. The van der Waals surface area contributed by atoms with E-state index in [1.165, 1.54) is 34.1 Å². The highest BCUT2D eigenvalue weighted by molar-refractivity contribution is 7.17. The molecule has 0 spiro atoms. The quantitative estimate of drug-likeness (QED) is 0.686. The molecule has 2 heteroatoms. The SMILES string of the molecule is c1ccc(C(NCc2csc3ccccc23)C2CC2)cc1. The maximum Gasteiger partial charge on any atom is 0.0351 e. The van der Waals surface area contributed by atoms with Crippen molar-refractivity contribution < 1.29 is 0 Å². The fourth-order valence-electron chi connectivity index (χ4n) is 3.04. The van der Waals surface area contributed by atoms with Crippen LogP contribution in [-0.4, -0.2) is 0 Å². The minimum Gasteiger partial charge on any atom is -0.306 e. The van der Waals surface area contributed by atoms with Crippen molar-refractivity contribution >= 4 is 21.4 Å². The molecule has 0 amide bonds. The largest absolute Gasteiger partial charge is 0.306 e. The highest BCUT2D eigenvalue weighted by Gasteiger charge is 2.31. The molecule has 1 aliphatic carbocycles. The second-order valence-electron chi connectivity index (χ2n) is 5.86. The molecule has 1 fully saturated rings. The molecule has 1 aliphatic rings. The normalized spacial score (nSPS) is 16.2. The summed E-state index contributed by atoms with van der Waals surface area (Å²) in [5.74, 6) is 0.817. The Balaban J connectivity index is 1.54. The van der Waals surface area contributed by atoms with Gasteiger partial charge in [0.25, 0.3) is 0 Å². The van der Waals surface area contributed by atoms with E-state index in [1.807, 2.05) is 11.3 Å². The van der Waals surface area contributed by atoms with E-state index in [-0.39, 0.29) is 0 Å². The molecule has 1 aromatic heterocycles. The van der Waals surface area contributed by atoms with Crippen LogP contribution in [-0.2, 0) is 6.54 Å². The number of hydrogen-bond acceptors (Lipinski definition) is 2. The first-order chi connectivity index (χ1) is 10.4.